The summed E-state index contributed by atoms with van der Waals surface area (Å²) in [6.07, 6.45) is 5.73. The molecule has 4 rings (SSSR count). The number of aromatic nitrogens is 1. The predicted octanol–water partition coefficient (Wildman–Crippen LogP) is 3.73. The van der Waals surface area contributed by atoms with Crippen molar-refractivity contribution in [3.63, 3.8) is 0 Å². The first-order chi connectivity index (χ1) is 13.2. The molecule has 2 fully saturated rings. The molecule has 2 N–H and O–H groups in total. The van der Waals surface area contributed by atoms with Crippen molar-refractivity contribution in [1.82, 2.24) is 9.88 Å². The molecule has 27 heavy (non-hydrogen) atoms. The summed E-state index contributed by atoms with van der Waals surface area (Å²) in [5.41, 5.74) is 2.17. The van der Waals surface area contributed by atoms with Crippen LogP contribution in [-0.4, -0.2) is 34.8 Å². The second-order valence-corrected chi connectivity index (χ2v) is 8.14. The van der Waals surface area contributed by atoms with Gasteiger partial charge in [-0.2, -0.15) is 0 Å². The summed E-state index contributed by atoms with van der Waals surface area (Å²) in [5.74, 6) is -0.0395. The van der Waals surface area contributed by atoms with Crippen molar-refractivity contribution in [1.29, 1.82) is 0 Å². The van der Waals surface area contributed by atoms with Crippen LogP contribution in [0.3, 0.4) is 0 Å². The maximum atomic E-state index is 12.5. The third-order valence-corrected chi connectivity index (χ3v) is 5.75. The third kappa shape index (κ3) is 4.93. The van der Waals surface area contributed by atoms with Gasteiger partial charge in [-0.1, -0.05) is 12.5 Å². The second kappa shape index (κ2) is 8.19. The van der Waals surface area contributed by atoms with Gasteiger partial charge in [0, 0.05) is 29.1 Å². The fourth-order valence-electron chi connectivity index (χ4n) is 3.28. The molecule has 0 unspecified atom stereocenters. The van der Waals surface area contributed by atoms with Crippen molar-refractivity contribution in [3.05, 3.63) is 40.9 Å². The Balaban J connectivity index is 1.35. The predicted molar refractivity (Wildman–Crippen MR) is 107 cm³/mol. The van der Waals surface area contributed by atoms with Crippen LogP contribution in [0.15, 0.2) is 29.6 Å². The first kappa shape index (κ1) is 18.1. The summed E-state index contributed by atoms with van der Waals surface area (Å²) < 4.78 is 0. The van der Waals surface area contributed by atoms with Crippen LogP contribution < -0.4 is 10.6 Å². The Bertz CT molecular complexity index is 825. The number of amides is 2. The quantitative estimate of drug-likeness (QED) is 0.796. The van der Waals surface area contributed by atoms with E-state index in [1.54, 1.807) is 24.3 Å². The highest BCUT2D eigenvalue weighted by molar-refractivity contribution is 7.14. The summed E-state index contributed by atoms with van der Waals surface area (Å²) >= 11 is 1.45. The minimum Gasteiger partial charge on any atom is -0.326 e. The molecular weight excluding hydrogens is 360 g/mol. The minimum atomic E-state index is -0.212. The number of nitrogens with one attached hydrogen (secondary N) is 2. The third-order valence-electron chi connectivity index (χ3n) is 4.95. The van der Waals surface area contributed by atoms with Crippen LogP contribution in [0.5, 0.6) is 0 Å². The first-order valence-electron chi connectivity index (χ1n) is 9.56. The highest BCUT2D eigenvalue weighted by Gasteiger charge is 2.29. The van der Waals surface area contributed by atoms with Gasteiger partial charge in [0.15, 0.2) is 5.13 Å². The summed E-state index contributed by atoms with van der Waals surface area (Å²) in [4.78, 5) is 31.4. The summed E-state index contributed by atoms with van der Waals surface area (Å²) in [6, 6.07) is 7.03. The van der Waals surface area contributed by atoms with Crippen molar-refractivity contribution in [2.75, 3.05) is 23.7 Å². The second-order valence-electron chi connectivity index (χ2n) is 7.28. The smallest absolute Gasteiger partial charge is 0.257 e. The lowest BCUT2D eigenvalue weighted by Crippen LogP contribution is -2.29. The largest absolute Gasteiger partial charge is 0.326 e. The van der Waals surface area contributed by atoms with Crippen molar-refractivity contribution >= 4 is 34.0 Å². The number of carbonyl (C=O) groups excluding carboxylic acids is 2. The van der Waals surface area contributed by atoms with E-state index < -0.39 is 0 Å². The van der Waals surface area contributed by atoms with E-state index in [9.17, 15) is 9.59 Å². The van der Waals surface area contributed by atoms with Crippen LogP contribution in [0.25, 0.3) is 0 Å². The number of rotatable bonds is 6. The zero-order valence-corrected chi connectivity index (χ0v) is 16.1. The molecule has 2 amide bonds. The Morgan fingerprint density at radius 2 is 1.96 bits per heavy atom. The van der Waals surface area contributed by atoms with Crippen LogP contribution in [-0.2, 0) is 11.3 Å². The molecule has 1 aliphatic heterocycles. The SMILES string of the molecule is O=C(Nc1nc(CN2CCCCC2)cs1)c1cccc(NC(=O)C2CC2)c1. The van der Waals surface area contributed by atoms with Gasteiger partial charge in [-0.15, -0.1) is 11.3 Å². The molecule has 7 heteroatoms. The molecule has 0 atom stereocenters. The van der Waals surface area contributed by atoms with E-state index in [1.807, 2.05) is 5.38 Å². The molecule has 1 saturated carbocycles. The van der Waals surface area contributed by atoms with Gasteiger partial charge in [-0.3, -0.25) is 19.8 Å². The zero-order valence-electron chi connectivity index (χ0n) is 15.2. The number of anilines is 2. The number of carbonyl (C=O) groups is 2. The number of nitrogens with zero attached hydrogens (tertiary/aromatic N) is 2. The van der Waals surface area contributed by atoms with E-state index in [0.29, 0.717) is 16.4 Å². The van der Waals surface area contributed by atoms with E-state index in [4.69, 9.17) is 0 Å². The van der Waals surface area contributed by atoms with Gasteiger partial charge in [-0.05, 0) is 57.0 Å². The molecule has 1 aliphatic carbocycles. The van der Waals surface area contributed by atoms with Gasteiger partial charge in [0.05, 0.1) is 5.69 Å². The van der Waals surface area contributed by atoms with Crippen molar-refractivity contribution in [3.8, 4) is 0 Å². The Labute approximate surface area is 163 Å². The van der Waals surface area contributed by atoms with Crippen LogP contribution in [0.4, 0.5) is 10.8 Å². The number of benzene rings is 1. The van der Waals surface area contributed by atoms with Crippen LogP contribution in [0.1, 0.15) is 48.2 Å². The molecule has 2 heterocycles. The molecule has 6 nitrogen and oxygen atoms in total. The molecule has 1 aromatic heterocycles. The zero-order chi connectivity index (χ0) is 18.6. The Morgan fingerprint density at radius 3 is 2.74 bits per heavy atom. The normalized spacial score (nSPS) is 17.5. The molecular formula is C20H24N4O2S. The van der Waals surface area contributed by atoms with Crippen LogP contribution in [0, 0.1) is 5.92 Å². The maximum absolute atomic E-state index is 12.5. The van der Waals surface area contributed by atoms with Gasteiger partial charge in [0.2, 0.25) is 5.91 Å². The average molecular weight is 385 g/mol. The monoisotopic (exact) mass is 384 g/mol. The lowest BCUT2D eigenvalue weighted by molar-refractivity contribution is -0.117. The minimum absolute atomic E-state index is 0.0369. The Hall–Kier alpha value is -2.25. The van der Waals surface area contributed by atoms with Crippen molar-refractivity contribution in [2.24, 2.45) is 5.92 Å². The average Bonchev–Trinajstić information content (AvgIpc) is 3.45. The molecule has 0 spiro atoms. The van der Waals surface area contributed by atoms with E-state index >= 15 is 0 Å². The van der Waals surface area contributed by atoms with Crippen LogP contribution >= 0.6 is 11.3 Å². The van der Waals surface area contributed by atoms with Crippen molar-refractivity contribution < 1.29 is 9.59 Å². The van der Waals surface area contributed by atoms with Crippen molar-refractivity contribution in [2.45, 2.75) is 38.6 Å². The van der Waals surface area contributed by atoms with E-state index in [1.165, 1.54) is 30.6 Å². The Kier molecular flexibility index (Phi) is 5.50. The van der Waals surface area contributed by atoms with Crippen LogP contribution in [0.2, 0.25) is 0 Å². The summed E-state index contributed by atoms with van der Waals surface area (Å²) in [7, 11) is 0. The van der Waals surface area contributed by atoms with E-state index in [-0.39, 0.29) is 17.7 Å². The van der Waals surface area contributed by atoms with Gasteiger partial charge < -0.3 is 5.32 Å². The van der Waals surface area contributed by atoms with Gasteiger partial charge in [0.1, 0.15) is 0 Å². The van der Waals surface area contributed by atoms with Gasteiger partial charge in [-0.25, -0.2) is 4.98 Å². The van der Waals surface area contributed by atoms with Gasteiger partial charge in [0.25, 0.3) is 5.91 Å². The molecule has 1 saturated heterocycles. The molecule has 0 radical (unpaired) electrons. The number of piperidine rings is 1. The topological polar surface area (TPSA) is 74.3 Å². The maximum Gasteiger partial charge on any atom is 0.257 e. The highest BCUT2D eigenvalue weighted by Crippen LogP contribution is 2.30. The molecule has 2 aliphatic rings. The van der Waals surface area contributed by atoms with Gasteiger partial charge >= 0.3 is 0 Å². The standard InChI is InChI=1S/C20H24N4O2S/c25-18(14-7-8-14)21-16-6-4-5-15(11-16)19(26)23-20-22-17(13-27-20)12-24-9-2-1-3-10-24/h4-6,11,13-14H,1-3,7-10,12H2,(H,21,25)(H,22,23,26). The van der Waals surface area contributed by atoms with E-state index in [2.05, 4.69) is 20.5 Å². The molecule has 1 aromatic carbocycles. The summed E-state index contributed by atoms with van der Waals surface area (Å²) in [5, 5.41) is 8.36. The number of hydrogen-bond acceptors (Lipinski definition) is 5. The highest BCUT2D eigenvalue weighted by atomic mass is 32.1. The molecule has 142 valence electrons. The lowest BCUT2D eigenvalue weighted by Gasteiger charge is -2.25. The molecule has 2 aromatic rings. The number of likely N-dealkylation sites (tertiary alicyclic amines) is 1. The fourth-order valence-corrected chi connectivity index (χ4v) is 3.98. The fraction of sp³-hybridized carbons (Fsp3) is 0.450. The first-order valence-corrected chi connectivity index (χ1v) is 10.4. The number of hydrogen-bond donors (Lipinski definition) is 2. The molecule has 0 bridgehead atoms. The lowest BCUT2D eigenvalue weighted by atomic mass is 10.1. The van der Waals surface area contributed by atoms with E-state index in [0.717, 1.165) is 38.2 Å². The summed E-state index contributed by atoms with van der Waals surface area (Å²) in [6.45, 7) is 3.09. The Morgan fingerprint density at radius 1 is 1.15 bits per heavy atom. The number of thiazole rings is 1.